The molecule has 4 atom stereocenters. The lowest BCUT2D eigenvalue weighted by Gasteiger charge is -2.24. The number of esters is 1. The van der Waals surface area contributed by atoms with Crippen LogP contribution in [0.4, 0.5) is 0 Å². The van der Waals surface area contributed by atoms with E-state index >= 15 is 0 Å². The van der Waals surface area contributed by atoms with Crippen molar-refractivity contribution in [1.82, 2.24) is 10.6 Å². The molecule has 3 rings (SSSR count). The second-order valence-electron chi connectivity index (χ2n) is 9.72. The van der Waals surface area contributed by atoms with E-state index in [1.54, 1.807) is 6.92 Å². The minimum absolute atomic E-state index is 0.0225. The summed E-state index contributed by atoms with van der Waals surface area (Å²) in [5.41, 5.74) is 2.03. The van der Waals surface area contributed by atoms with E-state index in [2.05, 4.69) is 10.6 Å². The summed E-state index contributed by atoms with van der Waals surface area (Å²) in [6.07, 6.45) is 5.05. The summed E-state index contributed by atoms with van der Waals surface area (Å²) in [5.74, 6) is -1.93. The van der Waals surface area contributed by atoms with E-state index in [0.717, 1.165) is 11.1 Å². The molecule has 0 bridgehead atoms. The number of hydrogen-bond donors (Lipinski definition) is 3. The summed E-state index contributed by atoms with van der Waals surface area (Å²) < 4.78 is 11.5. The Labute approximate surface area is 224 Å². The zero-order chi connectivity index (χ0) is 27.2. The third kappa shape index (κ3) is 10.1. The van der Waals surface area contributed by atoms with Crippen LogP contribution in [0.1, 0.15) is 37.3 Å². The molecule has 0 fully saturated rings. The Morgan fingerprint density at radius 1 is 1.03 bits per heavy atom. The molecule has 8 heteroatoms. The molecule has 1 aliphatic rings. The number of cyclic esters (lactones) is 1. The number of aliphatic hydroxyl groups excluding tert-OH is 1. The minimum Gasteiger partial charge on any atom is -0.463 e. The Morgan fingerprint density at radius 3 is 2.32 bits per heavy atom. The van der Waals surface area contributed by atoms with Crippen LogP contribution in [-0.2, 0) is 36.9 Å². The van der Waals surface area contributed by atoms with Crippen molar-refractivity contribution < 1.29 is 29.0 Å². The van der Waals surface area contributed by atoms with Gasteiger partial charge in [-0.15, -0.1) is 0 Å². The van der Waals surface area contributed by atoms with Crippen LogP contribution in [0.5, 0.6) is 0 Å². The fourth-order valence-electron chi connectivity index (χ4n) is 4.21. The minimum atomic E-state index is -0.614. The molecule has 0 saturated carbocycles. The van der Waals surface area contributed by atoms with Crippen molar-refractivity contribution in [2.75, 3.05) is 19.8 Å². The molecule has 38 heavy (non-hydrogen) atoms. The van der Waals surface area contributed by atoms with Gasteiger partial charge in [-0.05, 0) is 37.3 Å². The highest BCUT2D eigenvalue weighted by Gasteiger charge is 2.27. The molecule has 2 aromatic carbocycles. The lowest BCUT2D eigenvalue weighted by Crippen LogP contribution is -2.46. The van der Waals surface area contributed by atoms with E-state index in [4.69, 9.17) is 9.47 Å². The highest BCUT2D eigenvalue weighted by Crippen LogP contribution is 2.18. The van der Waals surface area contributed by atoms with Crippen LogP contribution in [-0.4, -0.2) is 54.8 Å². The van der Waals surface area contributed by atoms with Crippen LogP contribution in [0, 0.1) is 11.8 Å². The predicted molar refractivity (Wildman–Crippen MR) is 144 cm³/mol. The van der Waals surface area contributed by atoms with Gasteiger partial charge in [-0.2, -0.15) is 0 Å². The Morgan fingerprint density at radius 2 is 1.66 bits per heavy atom. The molecule has 4 unspecified atom stereocenters. The summed E-state index contributed by atoms with van der Waals surface area (Å²) in [4.78, 5) is 38.7. The van der Waals surface area contributed by atoms with Crippen LogP contribution < -0.4 is 10.6 Å². The maximum atomic E-state index is 13.2. The first-order valence-electron chi connectivity index (χ1n) is 13.1. The van der Waals surface area contributed by atoms with Crippen molar-refractivity contribution in [2.24, 2.45) is 11.8 Å². The van der Waals surface area contributed by atoms with Gasteiger partial charge in [-0.25, -0.2) is 0 Å². The Balaban J connectivity index is 1.72. The van der Waals surface area contributed by atoms with Gasteiger partial charge in [0.2, 0.25) is 11.8 Å². The predicted octanol–water partition coefficient (Wildman–Crippen LogP) is 2.94. The maximum absolute atomic E-state index is 13.2. The lowest BCUT2D eigenvalue weighted by atomic mass is 9.94. The van der Waals surface area contributed by atoms with E-state index in [1.807, 2.05) is 72.8 Å². The molecule has 3 N–H and O–H groups in total. The number of aliphatic hydroxyl groups is 1. The molecule has 2 aromatic rings. The first-order chi connectivity index (χ1) is 18.4. The molecule has 0 aliphatic carbocycles. The number of amides is 2. The van der Waals surface area contributed by atoms with Gasteiger partial charge in [0, 0.05) is 12.5 Å². The number of ether oxygens (including phenoxy) is 2. The van der Waals surface area contributed by atoms with Crippen LogP contribution >= 0.6 is 0 Å². The summed E-state index contributed by atoms with van der Waals surface area (Å²) in [6.45, 7) is 1.98. The summed E-state index contributed by atoms with van der Waals surface area (Å²) in [6, 6.07) is 18.5. The normalized spacial score (nSPS) is 21.4. The summed E-state index contributed by atoms with van der Waals surface area (Å²) >= 11 is 0. The number of carbonyl (C=O) groups is 3. The number of rotatable bonds is 10. The lowest BCUT2D eigenvalue weighted by molar-refractivity contribution is -0.150. The topological polar surface area (TPSA) is 114 Å². The zero-order valence-electron chi connectivity index (χ0n) is 21.9. The van der Waals surface area contributed by atoms with E-state index in [-0.39, 0.29) is 49.9 Å². The molecule has 0 radical (unpaired) electrons. The van der Waals surface area contributed by atoms with Gasteiger partial charge in [0.1, 0.15) is 6.61 Å². The van der Waals surface area contributed by atoms with Gasteiger partial charge < -0.3 is 25.2 Å². The molecule has 2 amide bonds. The number of benzene rings is 2. The van der Waals surface area contributed by atoms with Crippen molar-refractivity contribution >= 4 is 17.8 Å². The SMILES string of the molecule is CC(CO)NC(=O)CC1CC=CCC(Cc2ccccc2)C(=O)OCC(COCc2ccccc2)NC1=O. The average Bonchev–Trinajstić information content (AvgIpc) is 2.92. The molecule has 204 valence electrons. The molecule has 0 aromatic heterocycles. The fourth-order valence-corrected chi connectivity index (χ4v) is 4.21. The van der Waals surface area contributed by atoms with E-state index < -0.39 is 18.0 Å². The Kier molecular flexibility index (Phi) is 12.0. The van der Waals surface area contributed by atoms with Crippen LogP contribution in [0.2, 0.25) is 0 Å². The highest BCUT2D eigenvalue weighted by molar-refractivity contribution is 5.86. The molecule has 1 aliphatic heterocycles. The van der Waals surface area contributed by atoms with E-state index in [0.29, 0.717) is 25.9 Å². The van der Waals surface area contributed by atoms with Gasteiger partial charge in [0.15, 0.2) is 0 Å². The zero-order valence-corrected chi connectivity index (χ0v) is 21.9. The molecular formula is C30H38N2O6. The number of carbonyl (C=O) groups excluding carboxylic acids is 3. The summed E-state index contributed by atoms with van der Waals surface area (Å²) in [5, 5.41) is 14.9. The van der Waals surface area contributed by atoms with E-state index in [9.17, 15) is 19.5 Å². The van der Waals surface area contributed by atoms with Crippen molar-refractivity contribution in [3.63, 3.8) is 0 Å². The number of hydrogen-bond acceptors (Lipinski definition) is 6. The second kappa shape index (κ2) is 15.7. The standard InChI is InChI=1S/C30H38N2O6/c1-22(18-33)31-28(34)17-25-14-8-9-15-26(16-23-10-4-2-5-11-23)30(36)38-21-27(32-29(25)35)20-37-19-24-12-6-3-7-13-24/h2-13,22,25-27,33H,14-21H2,1H3,(H,31,34)(H,32,35). The van der Waals surface area contributed by atoms with Crippen molar-refractivity contribution in [1.29, 1.82) is 0 Å². The third-order valence-corrected chi connectivity index (χ3v) is 6.35. The number of nitrogens with one attached hydrogen (secondary N) is 2. The average molecular weight is 523 g/mol. The third-order valence-electron chi connectivity index (χ3n) is 6.35. The van der Waals surface area contributed by atoms with Crippen LogP contribution in [0.25, 0.3) is 0 Å². The molecule has 0 saturated heterocycles. The highest BCUT2D eigenvalue weighted by atomic mass is 16.5. The molecule has 1 heterocycles. The van der Waals surface area contributed by atoms with Gasteiger partial charge in [0.25, 0.3) is 0 Å². The quantitative estimate of drug-likeness (QED) is 0.327. The smallest absolute Gasteiger partial charge is 0.309 e. The fraction of sp³-hybridized carbons (Fsp3) is 0.433. The molecule has 0 spiro atoms. The van der Waals surface area contributed by atoms with Gasteiger partial charge in [-0.1, -0.05) is 72.8 Å². The van der Waals surface area contributed by atoms with Crippen LogP contribution in [0.15, 0.2) is 72.8 Å². The maximum Gasteiger partial charge on any atom is 0.309 e. The largest absolute Gasteiger partial charge is 0.463 e. The first kappa shape index (κ1) is 29.1. The first-order valence-corrected chi connectivity index (χ1v) is 13.1. The molecule has 8 nitrogen and oxygen atoms in total. The number of allylic oxidation sites excluding steroid dienone is 2. The van der Waals surface area contributed by atoms with Crippen molar-refractivity contribution in [2.45, 2.75) is 51.3 Å². The van der Waals surface area contributed by atoms with Crippen molar-refractivity contribution in [3.05, 3.63) is 83.9 Å². The monoisotopic (exact) mass is 522 g/mol. The van der Waals surface area contributed by atoms with Crippen molar-refractivity contribution in [3.8, 4) is 0 Å². The van der Waals surface area contributed by atoms with Gasteiger partial charge >= 0.3 is 5.97 Å². The molecular weight excluding hydrogens is 484 g/mol. The van der Waals surface area contributed by atoms with Gasteiger partial charge in [0.05, 0.1) is 37.7 Å². The Bertz CT molecular complexity index is 1040. The summed E-state index contributed by atoms with van der Waals surface area (Å²) in [7, 11) is 0. The van der Waals surface area contributed by atoms with Crippen LogP contribution in [0.3, 0.4) is 0 Å². The second-order valence-corrected chi connectivity index (χ2v) is 9.72. The Hall–Kier alpha value is -3.49. The van der Waals surface area contributed by atoms with Gasteiger partial charge in [-0.3, -0.25) is 14.4 Å². The van der Waals surface area contributed by atoms with E-state index in [1.165, 1.54) is 0 Å².